The Kier molecular flexibility index (Phi) is 5.39. The van der Waals surface area contributed by atoms with Crippen LogP contribution in [-0.4, -0.2) is 35.6 Å². The fourth-order valence-corrected chi connectivity index (χ4v) is 1.48. The molecule has 104 valence electrons. The van der Waals surface area contributed by atoms with Gasteiger partial charge in [-0.2, -0.15) is 0 Å². The topological polar surface area (TPSA) is 87.5 Å². The van der Waals surface area contributed by atoms with Crippen molar-refractivity contribution in [3.8, 4) is 11.8 Å². The molecule has 0 aromatic carbocycles. The van der Waals surface area contributed by atoms with Gasteiger partial charge < -0.3 is 16.4 Å². The summed E-state index contributed by atoms with van der Waals surface area (Å²) in [6.07, 6.45) is 1.49. The zero-order chi connectivity index (χ0) is 14.4. The standard InChI is InChI=1S/C13H20N4O2/c1-4-11(18)15-7-5-6-10-8-17(9(2)3)13(19)16-12(10)14/h8-9,12H,4,7,14H2,1-3H3,(H,15,18)(H,16,19). The van der Waals surface area contributed by atoms with Crippen LogP contribution >= 0.6 is 0 Å². The molecule has 0 fully saturated rings. The summed E-state index contributed by atoms with van der Waals surface area (Å²) in [6, 6.07) is -0.198. The van der Waals surface area contributed by atoms with Crippen molar-refractivity contribution in [2.24, 2.45) is 5.73 Å². The highest BCUT2D eigenvalue weighted by molar-refractivity contribution is 5.78. The van der Waals surface area contributed by atoms with Crippen LogP contribution in [0.3, 0.4) is 0 Å². The quantitative estimate of drug-likeness (QED) is 0.633. The average molecular weight is 264 g/mol. The van der Waals surface area contributed by atoms with Gasteiger partial charge in [0.2, 0.25) is 5.91 Å². The predicted molar refractivity (Wildman–Crippen MR) is 72.6 cm³/mol. The lowest BCUT2D eigenvalue weighted by molar-refractivity contribution is -0.120. The van der Waals surface area contributed by atoms with E-state index < -0.39 is 6.17 Å². The Labute approximate surface area is 113 Å². The number of carbonyl (C=O) groups is 2. The number of urea groups is 1. The zero-order valence-electron chi connectivity index (χ0n) is 11.5. The summed E-state index contributed by atoms with van der Waals surface area (Å²) in [4.78, 5) is 24.2. The largest absolute Gasteiger partial charge is 0.345 e. The number of rotatable bonds is 3. The van der Waals surface area contributed by atoms with E-state index in [2.05, 4.69) is 22.5 Å². The lowest BCUT2D eigenvalue weighted by atomic mass is 10.2. The van der Waals surface area contributed by atoms with Crippen LogP contribution in [0.4, 0.5) is 4.79 Å². The Morgan fingerprint density at radius 3 is 2.89 bits per heavy atom. The van der Waals surface area contributed by atoms with Gasteiger partial charge in [-0.1, -0.05) is 18.8 Å². The number of nitrogens with one attached hydrogen (secondary N) is 2. The SMILES string of the molecule is CCC(=O)NCC#CC1=CN(C(C)C)C(=O)NC1N. The van der Waals surface area contributed by atoms with Gasteiger partial charge in [0.25, 0.3) is 0 Å². The van der Waals surface area contributed by atoms with Gasteiger partial charge in [0.05, 0.1) is 12.1 Å². The molecule has 0 bridgehead atoms. The Morgan fingerprint density at radius 2 is 2.32 bits per heavy atom. The molecule has 6 heteroatoms. The summed E-state index contributed by atoms with van der Waals surface area (Å²) < 4.78 is 0. The highest BCUT2D eigenvalue weighted by Gasteiger charge is 2.24. The smallest absolute Gasteiger partial charge is 0.323 e. The molecule has 0 aromatic heterocycles. The molecule has 6 nitrogen and oxygen atoms in total. The summed E-state index contributed by atoms with van der Waals surface area (Å²) in [5.74, 6) is 5.64. The van der Waals surface area contributed by atoms with Crippen LogP contribution in [0.5, 0.6) is 0 Å². The van der Waals surface area contributed by atoms with Crippen LogP contribution in [0.25, 0.3) is 0 Å². The molecule has 1 aliphatic heterocycles. The lowest BCUT2D eigenvalue weighted by Gasteiger charge is -2.30. The second kappa shape index (κ2) is 6.81. The van der Waals surface area contributed by atoms with E-state index in [9.17, 15) is 9.59 Å². The first kappa shape index (κ1) is 15.1. The summed E-state index contributed by atoms with van der Waals surface area (Å²) in [5, 5.41) is 5.28. The van der Waals surface area contributed by atoms with Gasteiger partial charge in [-0.15, -0.1) is 0 Å². The monoisotopic (exact) mass is 264 g/mol. The zero-order valence-corrected chi connectivity index (χ0v) is 11.5. The summed E-state index contributed by atoms with van der Waals surface area (Å²) in [5.41, 5.74) is 6.41. The molecule has 0 aromatic rings. The molecule has 19 heavy (non-hydrogen) atoms. The number of amides is 3. The maximum absolute atomic E-state index is 11.6. The Hall–Kier alpha value is -2.00. The molecule has 0 radical (unpaired) electrons. The van der Waals surface area contributed by atoms with E-state index in [1.165, 1.54) is 4.90 Å². The van der Waals surface area contributed by atoms with E-state index in [-0.39, 0.29) is 24.5 Å². The third-order valence-corrected chi connectivity index (χ3v) is 2.61. The van der Waals surface area contributed by atoms with E-state index >= 15 is 0 Å². The molecule has 0 saturated heterocycles. The van der Waals surface area contributed by atoms with E-state index in [4.69, 9.17) is 5.73 Å². The minimum Gasteiger partial charge on any atom is -0.345 e. The van der Waals surface area contributed by atoms with Crippen molar-refractivity contribution in [2.45, 2.75) is 39.4 Å². The number of hydrogen-bond donors (Lipinski definition) is 3. The van der Waals surface area contributed by atoms with Crippen molar-refractivity contribution in [2.75, 3.05) is 6.54 Å². The van der Waals surface area contributed by atoms with Gasteiger partial charge in [0.1, 0.15) is 6.17 Å². The minimum atomic E-state index is -0.600. The van der Waals surface area contributed by atoms with E-state index in [1.807, 2.05) is 13.8 Å². The maximum Gasteiger partial charge on any atom is 0.323 e. The van der Waals surface area contributed by atoms with Crippen LogP contribution < -0.4 is 16.4 Å². The van der Waals surface area contributed by atoms with Gasteiger partial charge in [-0.25, -0.2) is 4.79 Å². The molecule has 0 aliphatic carbocycles. The van der Waals surface area contributed by atoms with Crippen LogP contribution in [0.1, 0.15) is 27.2 Å². The Bertz CT molecular complexity index is 445. The molecular formula is C13H20N4O2. The van der Waals surface area contributed by atoms with Gasteiger partial charge in [0.15, 0.2) is 0 Å². The Balaban J connectivity index is 2.70. The van der Waals surface area contributed by atoms with Crippen molar-refractivity contribution >= 4 is 11.9 Å². The van der Waals surface area contributed by atoms with Gasteiger partial charge in [-0.05, 0) is 13.8 Å². The van der Waals surface area contributed by atoms with Crippen molar-refractivity contribution in [3.05, 3.63) is 11.8 Å². The number of nitrogens with zero attached hydrogens (tertiary/aromatic N) is 1. The number of nitrogens with two attached hydrogens (primary N) is 1. The van der Waals surface area contributed by atoms with Crippen LogP contribution in [0.15, 0.2) is 11.8 Å². The third kappa shape index (κ3) is 4.30. The molecule has 1 aliphatic rings. The predicted octanol–water partition coefficient (Wildman–Crippen LogP) is 0.118. The fourth-order valence-electron chi connectivity index (χ4n) is 1.48. The van der Waals surface area contributed by atoms with Crippen LogP contribution in [0.2, 0.25) is 0 Å². The highest BCUT2D eigenvalue weighted by atomic mass is 16.2. The van der Waals surface area contributed by atoms with E-state index in [0.717, 1.165) is 0 Å². The first-order valence-electron chi connectivity index (χ1n) is 6.27. The normalized spacial score (nSPS) is 18.4. The van der Waals surface area contributed by atoms with Crippen molar-refractivity contribution in [1.29, 1.82) is 0 Å². The molecule has 1 heterocycles. The minimum absolute atomic E-state index is 0.0316. The third-order valence-electron chi connectivity index (χ3n) is 2.61. The number of carbonyl (C=O) groups excluding carboxylic acids is 2. The fraction of sp³-hybridized carbons (Fsp3) is 0.538. The second-order valence-corrected chi connectivity index (χ2v) is 4.44. The van der Waals surface area contributed by atoms with E-state index in [1.54, 1.807) is 13.1 Å². The molecule has 3 amide bonds. The molecular weight excluding hydrogens is 244 g/mol. The molecule has 0 saturated carbocycles. The second-order valence-electron chi connectivity index (χ2n) is 4.44. The summed E-state index contributed by atoms with van der Waals surface area (Å²) >= 11 is 0. The van der Waals surface area contributed by atoms with Crippen molar-refractivity contribution < 1.29 is 9.59 Å². The average Bonchev–Trinajstić information content (AvgIpc) is 2.35. The first-order valence-corrected chi connectivity index (χ1v) is 6.27. The van der Waals surface area contributed by atoms with Crippen LogP contribution in [0, 0.1) is 11.8 Å². The maximum atomic E-state index is 11.6. The lowest BCUT2D eigenvalue weighted by Crippen LogP contribution is -2.53. The van der Waals surface area contributed by atoms with Crippen molar-refractivity contribution in [1.82, 2.24) is 15.5 Å². The van der Waals surface area contributed by atoms with E-state index in [0.29, 0.717) is 12.0 Å². The van der Waals surface area contributed by atoms with Crippen LogP contribution in [-0.2, 0) is 4.79 Å². The molecule has 1 atom stereocenters. The van der Waals surface area contributed by atoms with Gasteiger partial charge in [0, 0.05) is 18.7 Å². The first-order chi connectivity index (χ1) is 8.95. The molecule has 4 N–H and O–H groups in total. The molecule has 1 rings (SSSR count). The Morgan fingerprint density at radius 1 is 1.63 bits per heavy atom. The molecule has 1 unspecified atom stereocenters. The summed E-state index contributed by atoms with van der Waals surface area (Å²) in [7, 11) is 0. The van der Waals surface area contributed by atoms with Gasteiger partial charge in [-0.3, -0.25) is 9.69 Å². The van der Waals surface area contributed by atoms with Gasteiger partial charge >= 0.3 is 6.03 Å². The van der Waals surface area contributed by atoms with Crippen molar-refractivity contribution in [3.63, 3.8) is 0 Å². The summed E-state index contributed by atoms with van der Waals surface area (Å²) in [6.45, 7) is 5.85. The molecule has 0 spiro atoms. The number of hydrogen-bond acceptors (Lipinski definition) is 3. The highest BCUT2D eigenvalue weighted by Crippen LogP contribution is 2.10.